The number of rotatable bonds is 1. The van der Waals surface area contributed by atoms with Crippen LogP contribution in [0.5, 0.6) is 0 Å². The average molecular weight is 229 g/mol. The van der Waals surface area contributed by atoms with Gasteiger partial charge in [0.2, 0.25) is 0 Å². The van der Waals surface area contributed by atoms with Gasteiger partial charge in [0.05, 0.1) is 5.69 Å². The normalized spacial score (nSPS) is 26.7. The summed E-state index contributed by atoms with van der Waals surface area (Å²) in [6, 6.07) is 7.08. The Labute approximate surface area is 94.0 Å². The molecule has 1 aromatic carbocycles. The number of halogens is 2. The molecule has 0 spiro atoms. The molecule has 1 N–H and O–H groups in total. The molecule has 2 unspecified atom stereocenters. The predicted octanol–water partition coefficient (Wildman–Crippen LogP) is 2.19. The van der Waals surface area contributed by atoms with E-state index in [2.05, 4.69) is 12.2 Å². The van der Waals surface area contributed by atoms with E-state index in [4.69, 9.17) is 11.6 Å². The largest absolute Gasteiger partial charge is 0.350 e. The van der Waals surface area contributed by atoms with E-state index in [1.807, 2.05) is 11.0 Å². The topological polar surface area (TPSA) is 15.3 Å². The highest BCUT2D eigenvalue weighted by Crippen LogP contribution is 2.24. The van der Waals surface area contributed by atoms with Crippen LogP contribution in [0.2, 0.25) is 0 Å². The van der Waals surface area contributed by atoms with E-state index in [1.54, 1.807) is 12.1 Å². The van der Waals surface area contributed by atoms with Gasteiger partial charge in [-0.3, -0.25) is 0 Å². The van der Waals surface area contributed by atoms with E-state index >= 15 is 0 Å². The molecule has 1 saturated heterocycles. The fourth-order valence-electron chi connectivity index (χ4n) is 1.82. The lowest BCUT2D eigenvalue weighted by Crippen LogP contribution is -2.53. The van der Waals surface area contributed by atoms with Crippen molar-refractivity contribution in [3.8, 4) is 0 Å². The first kappa shape index (κ1) is 10.7. The minimum atomic E-state index is -0.211. The van der Waals surface area contributed by atoms with Gasteiger partial charge < -0.3 is 10.2 Å². The molecule has 2 nitrogen and oxygen atoms in total. The minimum absolute atomic E-state index is 0.182. The number of hydrogen-bond acceptors (Lipinski definition) is 2. The Kier molecular flexibility index (Phi) is 3.12. The third-order valence-electron chi connectivity index (χ3n) is 2.61. The van der Waals surface area contributed by atoms with E-state index in [0.29, 0.717) is 18.3 Å². The van der Waals surface area contributed by atoms with Gasteiger partial charge in [-0.05, 0) is 19.1 Å². The van der Waals surface area contributed by atoms with Gasteiger partial charge in [0.1, 0.15) is 11.3 Å². The zero-order valence-electron chi connectivity index (χ0n) is 8.58. The molecule has 15 heavy (non-hydrogen) atoms. The van der Waals surface area contributed by atoms with Crippen molar-refractivity contribution in [3.05, 3.63) is 30.1 Å². The van der Waals surface area contributed by atoms with Gasteiger partial charge >= 0.3 is 0 Å². The van der Waals surface area contributed by atoms with Crippen LogP contribution in [0.25, 0.3) is 0 Å². The summed E-state index contributed by atoms with van der Waals surface area (Å²) in [5, 5.41) is 3.25. The van der Waals surface area contributed by atoms with Crippen LogP contribution in [0, 0.1) is 5.82 Å². The third kappa shape index (κ3) is 2.24. The predicted molar refractivity (Wildman–Crippen MR) is 60.9 cm³/mol. The smallest absolute Gasteiger partial charge is 0.146 e. The molecule has 2 atom stereocenters. The Balaban J connectivity index is 2.25. The van der Waals surface area contributed by atoms with Crippen LogP contribution < -0.4 is 10.2 Å². The summed E-state index contributed by atoms with van der Waals surface area (Å²) in [5.41, 5.74) is 0.406. The highest BCUT2D eigenvalue weighted by Gasteiger charge is 2.25. The lowest BCUT2D eigenvalue weighted by Gasteiger charge is -2.37. The number of para-hydroxylation sites is 1. The molecular weight excluding hydrogens is 215 g/mol. The molecule has 0 bridgehead atoms. The standard InChI is InChI=1S/C11H14ClFN2/c1-8-7-15(11(12)6-14-8)10-5-3-2-4-9(10)13/h2-5,8,11,14H,6-7H2,1H3. The lowest BCUT2D eigenvalue weighted by molar-refractivity contribution is 0.458. The highest BCUT2D eigenvalue weighted by atomic mass is 35.5. The summed E-state index contributed by atoms with van der Waals surface area (Å²) in [6.45, 7) is 3.47. The Morgan fingerprint density at radius 1 is 1.47 bits per heavy atom. The van der Waals surface area contributed by atoms with Crippen LogP contribution in [0.4, 0.5) is 10.1 Å². The van der Waals surface area contributed by atoms with E-state index in [0.717, 1.165) is 6.54 Å². The average Bonchev–Trinajstić information content (AvgIpc) is 2.23. The van der Waals surface area contributed by atoms with Crippen molar-refractivity contribution in [2.24, 2.45) is 0 Å². The molecule has 0 saturated carbocycles. The van der Waals surface area contributed by atoms with Crippen LogP contribution in [0.1, 0.15) is 6.92 Å². The maximum Gasteiger partial charge on any atom is 0.146 e. The first-order valence-electron chi connectivity index (χ1n) is 5.07. The summed E-state index contributed by atoms with van der Waals surface area (Å²) in [6.07, 6.45) is 0. The molecule has 0 amide bonds. The zero-order valence-corrected chi connectivity index (χ0v) is 9.34. The maximum atomic E-state index is 13.6. The van der Waals surface area contributed by atoms with Gasteiger partial charge in [-0.25, -0.2) is 4.39 Å². The SMILES string of the molecule is CC1CN(c2ccccc2F)C(Cl)CN1. The molecule has 4 heteroatoms. The minimum Gasteiger partial charge on any atom is -0.350 e. The fourth-order valence-corrected chi connectivity index (χ4v) is 2.09. The summed E-state index contributed by atoms with van der Waals surface area (Å²) in [5.74, 6) is -0.211. The second-order valence-electron chi connectivity index (χ2n) is 3.85. The lowest BCUT2D eigenvalue weighted by atomic mass is 10.2. The van der Waals surface area contributed by atoms with Crippen LogP contribution in [-0.4, -0.2) is 24.6 Å². The zero-order chi connectivity index (χ0) is 10.8. The van der Waals surface area contributed by atoms with E-state index in [9.17, 15) is 4.39 Å². The number of hydrogen-bond donors (Lipinski definition) is 1. The van der Waals surface area contributed by atoms with Gasteiger partial charge in [0.15, 0.2) is 0 Å². The van der Waals surface area contributed by atoms with Crippen LogP contribution >= 0.6 is 11.6 Å². The van der Waals surface area contributed by atoms with Gasteiger partial charge in [-0.2, -0.15) is 0 Å². The Hall–Kier alpha value is -0.800. The molecular formula is C11H14ClFN2. The third-order valence-corrected chi connectivity index (χ3v) is 3.00. The number of piperazine rings is 1. The van der Waals surface area contributed by atoms with Crippen LogP contribution in [0.3, 0.4) is 0 Å². The molecule has 1 fully saturated rings. The summed E-state index contributed by atoms with van der Waals surface area (Å²) >= 11 is 6.15. The number of anilines is 1. The first-order chi connectivity index (χ1) is 7.18. The van der Waals surface area contributed by atoms with E-state index < -0.39 is 0 Å². The van der Waals surface area contributed by atoms with Crippen molar-refractivity contribution in [3.63, 3.8) is 0 Å². The molecule has 0 radical (unpaired) electrons. The van der Waals surface area contributed by atoms with Crippen molar-refractivity contribution in [1.82, 2.24) is 5.32 Å². The maximum absolute atomic E-state index is 13.6. The summed E-state index contributed by atoms with van der Waals surface area (Å²) in [7, 11) is 0. The highest BCUT2D eigenvalue weighted by molar-refractivity contribution is 6.22. The molecule has 0 aromatic heterocycles. The molecule has 1 aliphatic rings. The van der Waals surface area contributed by atoms with Gasteiger partial charge in [0, 0.05) is 19.1 Å². The molecule has 1 aromatic rings. The molecule has 0 aliphatic carbocycles. The van der Waals surface area contributed by atoms with Crippen molar-refractivity contribution >= 4 is 17.3 Å². The quantitative estimate of drug-likeness (QED) is 0.586. The monoisotopic (exact) mass is 228 g/mol. The van der Waals surface area contributed by atoms with Crippen molar-refractivity contribution in [2.45, 2.75) is 18.5 Å². The number of nitrogens with one attached hydrogen (secondary N) is 1. The second kappa shape index (κ2) is 4.37. The molecule has 82 valence electrons. The molecule has 1 heterocycles. The Bertz CT molecular complexity index is 345. The van der Waals surface area contributed by atoms with Gasteiger partial charge in [-0.1, -0.05) is 23.7 Å². The second-order valence-corrected chi connectivity index (χ2v) is 4.35. The number of benzene rings is 1. The van der Waals surface area contributed by atoms with Crippen LogP contribution in [0.15, 0.2) is 24.3 Å². The molecule has 1 aliphatic heterocycles. The van der Waals surface area contributed by atoms with E-state index in [1.165, 1.54) is 6.07 Å². The van der Waals surface area contributed by atoms with Crippen LogP contribution in [-0.2, 0) is 0 Å². The van der Waals surface area contributed by atoms with Crippen molar-refractivity contribution in [2.75, 3.05) is 18.0 Å². The van der Waals surface area contributed by atoms with E-state index in [-0.39, 0.29) is 11.3 Å². The summed E-state index contributed by atoms with van der Waals surface area (Å²) < 4.78 is 13.6. The fraction of sp³-hybridized carbons (Fsp3) is 0.455. The Morgan fingerprint density at radius 3 is 2.93 bits per heavy atom. The Morgan fingerprint density at radius 2 is 2.20 bits per heavy atom. The van der Waals surface area contributed by atoms with Crippen molar-refractivity contribution in [1.29, 1.82) is 0 Å². The number of alkyl halides is 1. The first-order valence-corrected chi connectivity index (χ1v) is 5.51. The molecule has 2 rings (SSSR count). The van der Waals surface area contributed by atoms with Gasteiger partial charge in [0.25, 0.3) is 0 Å². The number of nitrogens with zero attached hydrogens (tertiary/aromatic N) is 1. The summed E-state index contributed by atoms with van der Waals surface area (Å²) in [4.78, 5) is 1.90. The van der Waals surface area contributed by atoms with Crippen molar-refractivity contribution < 1.29 is 4.39 Å². The van der Waals surface area contributed by atoms with Gasteiger partial charge in [-0.15, -0.1) is 0 Å².